The van der Waals surface area contributed by atoms with E-state index in [9.17, 15) is 14.7 Å². The third-order valence-electron chi connectivity index (χ3n) is 5.42. The number of rotatable bonds is 2. The van der Waals surface area contributed by atoms with Gasteiger partial charge in [-0.25, -0.2) is 0 Å². The van der Waals surface area contributed by atoms with Crippen LogP contribution in [0.2, 0.25) is 0 Å². The predicted molar refractivity (Wildman–Crippen MR) is 75.4 cm³/mol. The van der Waals surface area contributed by atoms with Crippen LogP contribution in [0, 0.1) is 11.3 Å². The molecule has 2 fully saturated rings. The topological polar surface area (TPSA) is 54.4 Å². The van der Waals surface area contributed by atoms with Crippen molar-refractivity contribution in [2.75, 3.05) is 0 Å². The van der Waals surface area contributed by atoms with E-state index in [2.05, 4.69) is 0 Å². The van der Waals surface area contributed by atoms with E-state index in [-0.39, 0.29) is 11.6 Å². The maximum Gasteiger partial charge on any atom is 0.168 e. The van der Waals surface area contributed by atoms with Gasteiger partial charge in [0, 0.05) is 12.0 Å². The highest BCUT2D eigenvalue weighted by Crippen LogP contribution is 2.55. The zero-order valence-corrected chi connectivity index (χ0v) is 11.8. The Kier molecular flexibility index (Phi) is 3.05. The molecule has 2 aliphatic rings. The van der Waals surface area contributed by atoms with Gasteiger partial charge in [-0.3, -0.25) is 9.59 Å². The van der Waals surface area contributed by atoms with Gasteiger partial charge in [0.25, 0.3) is 0 Å². The monoisotopic (exact) mass is 272 g/mol. The summed E-state index contributed by atoms with van der Waals surface area (Å²) in [6.07, 6.45) is 3.01. The Balaban J connectivity index is 1.98. The van der Waals surface area contributed by atoms with E-state index >= 15 is 0 Å². The van der Waals surface area contributed by atoms with Crippen molar-refractivity contribution in [1.82, 2.24) is 0 Å². The fourth-order valence-corrected chi connectivity index (χ4v) is 4.06. The first-order valence-electron chi connectivity index (χ1n) is 7.34. The van der Waals surface area contributed by atoms with Crippen LogP contribution in [0.4, 0.5) is 0 Å². The third-order valence-corrected chi connectivity index (χ3v) is 5.42. The second kappa shape index (κ2) is 4.52. The lowest BCUT2D eigenvalue weighted by molar-refractivity contribution is -0.146. The second-order valence-electron chi connectivity index (χ2n) is 6.35. The third kappa shape index (κ3) is 1.69. The van der Waals surface area contributed by atoms with Crippen LogP contribution in [0.1, 0.15) is 49.4 Å². The summed E-state index contributed by atoms with van der Waals surface area (Å²) in [5.41, 5.74) is -1.26. The minimum atomic E-state index is -1.16. The van der Waals surface area contributed by atoms with Crippen LogP contribution in [0.15, 0.2) is 30.3 Å². The van der Waals surface area contributed by atoms with Gasteiger partial charge in [0.15, 0.2) is 5.78 Å². The fraction of sp³-hybridized carbons (Fsp3) is 0.529. The van der Waals surface area contributed by atoms with E-state index in [0.717, 1.165) is 6.42 Å². The summed E-state index contributed by atoms with van der Waals surface area (Å²) >= 11 is 0. The molecule has 0 spiro atoms. The van der Waals surface area contributed by atoms with Crippen molar-refractivity contribution in [1.29, 1.82) is 0 Å². The molecular formula is C17H20O3. The number of hydrogen-bond donors (Lipinski definition) is 1. The van der Waals surface area contributed by atoms with Crippen LogP contribution in [-0.4, -0.2) is 22.3 Å². The van der Waals surface area contributed by atoms with E-state index in [4.69, 9.17) is 0 Å². The minimum Gasteiger partial charge on any atom is -0.388 e. The molecule has 1 aromatic carbocycles. The minimum absolute atomic E-state index is 0.0197. The van der Waals surface area contributed by atoms with E-state index in [1.807, 2.05) is 25.1 Å². The van der Waals surface area contributed by atoms with Gasteiger partial charge in [0.2, 0.25) is 0 Å². The SMILES string of the molecule is C[C@]12CCC[C@H](C(=O)c3ccccc3)[C@@]1(O)CCC2=O. The summed E-state index contributed by atoms with van der Waals surface area (Å²) in [5, 5.41) is 11.1. The first-order chi connectivity index (χ1) is 9.49. The molecule has 0 heterocycles. The quantitative estimate of drug-likeness (QED) is 0.842. The maximum atomic E-state index is 12.7. The fourth-order valence-electron chi connectivity index (χ4n) is 4.06. The highest BCUT2D eigenvalue weighted by molar-refractivity contribution is 6.00. The molecule has 2 saturated carbocycles. The summed E-state index contributed by atoms with van der Waals surface area (Å²) in [7, 11) is 0. The summed E-state index contributed by atoms with van der Waals surface area (Å²) < 4.78 is 0. The maximum absolute atomic E-state index is 12.7. The van der Waals surface area contributed by atoms with E-state index in [0.29, 0.717) is 31.2 Å². The summed E-state index contributed by atoms with van der Waals surface area (Å²) in [6.45, 7) is 1.84. The summed E-state index contributed by atoms with van der Waals surface area (Å²) in [4.78, 5) is 24.9. The highest BCUT2D eigenvalue weighted by Gasteiger charge is 2.62. The van der Waals surface area contributed by atoms with Crippen molar-refractivity contribution in [2.24, 2.45) is 11.3 Å². The van der Waals surface area contributed by atoms with Gasteiger partial charge in [-0.1, -0.05) is 36.8 Å². The van der Waals surface area contributed by atoms with Crippen LogP contribution in [0.3, 0.4) is 0 Å². The molecule has 0 bridgehead atoms. The molecule has 3 atom stereocenters. The van der Waals surface area contributed by atoms with Crippen LogP contribution in [0.25, 0.3) is 0 Å². The van der Waals surface area contributed by atoms with Gasteiger partial charge in [0.1, 0.15) is 5.78 Å². The molecule has 0 saturated heterocycles. The highest BCUT2D eigenvalue weighted by atomic mass is 16.3. The first kappa shape index (κ1) is 13.5. The number of ketones is 2. The molecule has 0 amide bonds. The zero-order valence-electron chi connectivity index (χ0n) is 11.8. The molecule has 3 nitrogen and oxygen atoms in total. The Morgan fingerprint density at radius 1 is 1.25 bits per heavy atom. The Labute approximate surface area is 119 Å². The normalized spacial score (nSPS) is 36.7. The smallest absolute Gasteiger partial charge is 0.168 e. The molecule has 0 unspecified atom stereocenters. The van der Waals surface area contributed by atoms with Crippen LogP contribution < -0.4 is 0 Å². The van der Waals surface area contributed by atoms with Crippen molar-refractivity contribution in [2.45, 2.75) is 44.6 Å². The molecule has 3 heteroatoms. The lowest BCUT2D eigenvalue weighted by Crippen LogP contribution is -2.55. The molecular weight excluding hydrogens is 252 g/mol. The lowest BCUT2D eigenvalue weighted by atomic mass is 9.59. The van der Waals surface area contributed by atoms with Gasteiger partial charge >= 0.3 is 0 Å². The molecule has 1 N–H and O–H groups in total. The molecule has 2 aliphatic carbocycles. The average Bonchev–Trinajstić information content (AvgIpc) is 2.71. The second-order valence-corrected chi connectivity index (χ2v) is 6.35. The number of carbonyl (C=O) groups is 2. The van der Waals surface area contributed by atoms with Crippen molar-refractivity contribution < 1.29 is 14.7 Å². The van der Waals surface area contributed by atoms with Crippen LogP contribution in [-0.2, 0) is 4.79 Å². The molecule has 106 valence electrons. The number of carbonyl (C=O) groups excluding carboxylic acids is 2. The summed E-state index contributed by atoms with van der Waals surface area (Å²) in [6, 6.07) is 9.11. The Hall–Kier alpha value is -1.48. The number of hydrogen-bond acceptors (Lipinski definition) is 3. The molecule has 3 rings (SSSR count). The largest absolute Gasteiger partial charge is 0.388 e. The van der Waals surface area contributed by atoms with Crippen LogP contribution in [0.5, 0.6) is 0 Å². The first-order valence-corrected chi connectivity index (χ1v) is 7.34. The van der Waals surface area contributed by atoms with Crippen molar-refractivity contribution >= 4 is 11.6 Å². The van der Waals surface area contributed by atoms with Gasteiger partial charge < -0.3 is 5.11 Å². The van der Waals surface area contributed by atoms with E-state index in [1.165, 1.54) is 0 Å². The lowest BCUT2D eigenvalue weighted by Gasteiger charge is -2.47. The van der Waals surface area contributed by atoms with E-state index < -0.39 is 16.9 Å². The number of aliphatic hydroxyl groups is 1. The molecule has 0 radical (unpaired) electrons. The zero-order chi connectivity index (χ0) is 14.4. The standard InChI is InChI=1S/C17H20O3/c1-16-10-5-8-13(17(16,20)11-9-14(16)18)15(19)12-6-3-2-4-7-12/h2-4,6-7,13,20H,5,8-11H2,1H3/t13-,16-,17+/m1/s1. The molecule has 20 heavy (non-hydrogen) atoms. The Bertz CT molecular complexity index is 551. The van der Waals surface area contributed by atoms with Gasteiger partial charge in [-0.2, -0.15) is 0 Å². The van der Waals surface area contributed by atoms with E-state index in [1.54, 1.807) is 12.1 Å². The molecule has 0 aromatic heterocycles. The van der Waals surface area contributed by atoms with Crippen LogP contribution >= 0.6 is 0 Å². The summed E-state index contributed by atoms with van der Waals surface area (Å²) in [5.74, 6) is -0.352. The van der Waals surface area contributed by atoms with Gasteiger partial charge in [-0.15, -0.1) is 0 Å². The number of fused-ring (bicyclic) bond motifs is 1. The van der Waals surface area contributed by atoms with Crippen molar-refractivity contribution in [3.05, 3.63) is 35.9 Å². The van der Waals surface area contributed by atoms with Crippen molar-refractivity contribution in [3.63, 3.8) is 0 Å². The van der Waals surface area contributed by atoms with Gasteiger partial charge in [-0.05, 0) is 26.2 Å². The Morgan fingerprint density at radius 3 is 2.65 bits per heavy atom. The Morgan fingerprint density at radius 2 is 1.95 bits per heavy atom. The van der Waals surface area contributed by atoms with Crippen molar-refractivity contribution in [3.8, 4) is 0 Å². The molecule has 0 aliphatic heterocycles. The number of benzene rings is 1. The average molecular weight is 272 g/mol. The molecule has 1 aromatic rings. The predicted octanol–water partition coefficient (Wildman–Crippen LogP) is 2.77. The number of Topliss-reactive ketones (excluding diaryl/α,β-unsaturated/α-hetero) is 2. The van der Waals surface area contributed by atoms with Gasteiger partial charge in [0.05, 0.1) is 16.9 Å².